The van der Waals surface area contributed by atoms with Crippen LogP contribution in [0.3, 0.4) is 0 Å². The summed E-state index contributed by atoms with van der Waals surface area (Å²) in [7, 11) is 0. The number of para-hydroxylation sites is 1. The zero-order valence-electron chi connectivity index (χ0n) is 15.5. The van der Waals surface area contributed by atoms with Crippen molar-refractivity contribution in [1.82, 2.24) is 5.32 Å². The van der Waals surface area contributed by atoms with Gasteiger partial charge in [-0.2, -0.15) is 0 Å². The second-order valence-electron chi connectivity index (χ2n) is 7.93. The number of amides is 1. The van der Waals surface area contributed by atoms with Gasteiger partial charge >= 0.3 is 0 Å². The fourth-order valence-electron chi connectivity index (χ4n) is 4.48. The second-order valence-corrected chi connectivity index (χ2v) is 8.93. The van der Waals surface area contributed by atoms with Crippen molar-refractivity contribution >= 4 is 28.2 Å². The number of thiophene rings is 1. The Morgan fingerprint density at radius 1 is 1.33 bits per heavy atom. The lowest BCUT2D eigenvalue weighted by atomic mass is 9.96. The van der Waals surface area contributed by atoms with Crippen molar-refractivity contribution in [3.63, 3.8) is 0 Å². The van der Waals surface area contributed by atoms with E-state index in [0.717, 1.165) is 35.6 Å². The smallest absolute Gasteiger partial charge is 0.275 e. The zero-order valence-corrected chi connectivity index (χ0v) is 16.4. The number of hydrogen-bond donors (Lipinski definition) is 2. The highest BCUT2D eigenvalue weighted by molar-refractivity contribution is 7.10. The Hall–Kier alpha value is -2.11. The molecule has 1 amide bonds. The Morgan fingerprint density at radius 2 is 2.19 bits per heavy atom. The zero-order chi connectivity index (χ0) is 18.4. The van der Waals surface area contributed by atoms with Crippen LogP contribution in [0.2, 0.25) is 0 Å². The summed E-state index contributed by atoms with van der Waals surface area (Å²) in [4.78, 5) is 15.7. The molecule has 3 atom stereocenters. The van der Waals surface area contributed by atoms with Crippen LogP contribution in [-0.2, 0) is 11.2 Å². The Bertz CT molecular complexity index is 939. The summed E-state index contributed by atoms with van der Waals surface area (Å²) in [5, 5.41) is 6.44. The molecule has 140 valence electrons. The third kappa shape index (κ3) is 3.30. The number of furan rings is 1. The third-order valence-corrected chi connectivity index (χ3v) is 6.95. The third-order valence-electron chi connectivity index (χ3n) is 5.96. The molecule has 5 rings (SSSR count). The van der Waals surface area contributed by atoms with E-state index < -0.39 is 0 Å². The lowest BCUT2D eigenvalue weighted by Gasteiger charge is -2.32. The fourth-order valence-corrected chi connectivity index (χ4v) is 5.41. The molecule has 0 radical (unpaired) electrons. The van der Waals surface area contributed by atoms with Crippen LogP contribution in [0.4, 0.5) is 0 Å². The predicted molar refractivity (Wildman–Crippen MR) is 107 cm³/mol. The van der Waals surface area contributed by atoms with Crippen molar-refractivity contribution in [2.45, 2.75) is 38.3 Å². The molecule has 1 aliphatic heterocycles. The van der Waals surface area contributed by atoms with E-state index in [-0.39, 0.29) is 11.9 Å². The van der Waals surface area contributed by atoms with E-state index in [0.29, 0.717) is 12.6 Å². The minimum atomic E-state index is -0.120. The Morgan fingerprint density at radius 3 is 3.00 bits per heavy atom. The molecule has 3 aromatic rings. The van der Waals surface area contributed by atoms with Crippen molar-refractivity contribution in [3.05, 3.63) is 58.0 Å². The molecule has 27 heavy (non-hydrogen) atoms. The minimum absolute atomic E-state index is 0.113. The summed E-state index contributed by atoms with van der Waals surface area (Å²) in [6, 6.07) is 12.7. The number of rotatable bonds is 5. The van der Waals surface area contributed by atoms with Crippen LogP contribution < -0.4 is 10.2 Å². The number of carbonyl (C=O) groups is 1. The van der Waals surface area contributed by atoms with Gasteiger partial charge in [0.2, 0.25) is 0 Å². The SMILES string of the molecule is C[C@@H](NC(=O)C[NH+]1CCc2sccc2[C@@H]1C1CC1)c1cc2ccccc2o1. The van der Waals surface area contributed by atoms with Crippen molar-refractivity contribution in [2.75, 3.05) is 13.1 Å². The van der Waals surface area contributed by atoms with Gasteiger partial charge in [0.05, 0.1) is 12.6 Å². The van der Waals surface area contributed by atoms with Crippen LogP contribution in [0, 0.1) is 5.92 Å². The van der Waals surface area contributed by atoms with Crippen LogP contribution in [0.1, 0.15) is 48.0 Å². The molecule has 1 aliphatic carbocycles. The van der Waals surface area contributed by atoms with Crippen LogP contribution in [0.15, 0.2) is 46.2 Å². The summed E-state index contributed by atoms with van der Waals surface area (Å²) >= 11 is 1.88. The quantitative estimate of drug-likeness (QED) is 0.713. The fraction of sp³-hybridized carbons (Fsp3) is 0.409. The lowest BCUT2D eigenvalue weighted by molar-refractivity contribution is -0.928. The molecule has 2 aromatic heterocycles. The van der Waals surface area contributed by atoms with E-state index in [1.54, 1.807) is 0 Å². The summed E-state index contributed by atoms with van der Waals surface area (Å²) in [5.41, 5.74) is 2.37. The molecule has 0 spiro atoms. The van der Waals surface area contributed by atoms with E-state index in [1.165, 1.54) is 28.2 Å². The van der Waals surface area contributed by atoms with Crippen molar-refractivity contribution in [2.24, 2.45) is 5.92 Å². The average molecular weight is 382 g/mol. The second kappa shape index (κ2) is 6.80. The molecular formula is C22H25N2O2S+. The highest BCUT2D eigenvalue weighted by Crippen LogP contribution is 2.42. The van der Waals surface area contributed by atoms with Gasteiger partial charge < -0.3 is 14.6 Å². The van der Waals surface area contributed by atoms with E-state index in [9.17, 15) is 4.79 Å². The number of benzene rings is 1. The van der Waals surface area contributed by atoms with E-state index in [4.69, 9.17) is 4.42 Å². The van der Waals surface area contributed by atoms with Crippen LogP contribution >= 0.6 is 11.3 Å². The molecule has 0 saturated heterocycles. The molecule has 5 heteroatoms. The summed E-state index contributed by atoms with van der Waals surface area (Å²) < 4.78 is 5.91. The van der Waals surface area contributed by atoms with Gasteiger partial charge in [0.15, 0.2) is 6.54 Å². The number of hydrogen-bond acceptors (Lipinski definition) is 3. The first-order valence-corrected chi connectivity index (χ1v) is 10.8. The maximum absolute atomic E-state index is 12.8. The predicted octanol–water partition coefficient (Wildman–Crippen LogP) is 3.26. The highest BCUT2D eigenvalue weighted by Gasteiger charge is 2.43. The van der Waals surface area contributed by atoms with Crippen LogP contribution in [-0.4, -0.2) is 19.0 Å². The van der Waals surface area contributed by atoms with Gasteiger partial charge in [0.1, 0.15) is 17.4 Å². The number of quaternary nitrogens is 1. The van der Waals surface area contributed by atoms with Crippen molar-refractivity contribution in [1.29, 1.82) is 0 Å². The van der Waals surface area contributed by atoms with Gasteiger partial charge in [-0.25, -0.2) is 0 Å². The monoisotopic (exact) mass is 381 g/mol. The summed E-state index contributed by atoms with van der Waals surface area (Å²) in [5.74, 6) is 1.69. The van der Waals surface area contributed by atoms with E-state index in [1.807, 2.05) is 48.6 Å². The average Bonchev–Trinajstić information content (AvgIpc) is 3.21. The molecule has 1 aromatic carbocycles. The topological polar surface area (TPSA) is 46.7 Å². The maximum Gasteiger partial charge on any atom is 0.275 e. The lowest BCUT2D eigenvalue weighted by Crippen LogP contribution is -3.14. The number of nitrogens with one attached hydrogen (secondary N) is 2. The van der Waals surface area contributed by atoms with E-state index >= 15 is 0 Å². The van der Waals surface area contributed by atoms with Gasteiger partial charge in [-0.3, -0.25) is 4.79 Å². The van der Waals surface area contributed by atoms with Gasteiger partial charge in [-0.1, -0.05) is 18.2 Å². The maximum atomic E-state index is 12.8. The molecule has 0 bridgehead atoms. The van der Waals surface area contributed by atoms with Crippen LogP contribution in [0.25, 0.3) is 11.0 Å². The van der Waals surface area contributed by atoms with Crippen molar-refractivity contribution in [3.8, 4) is 0 Å². The molecule has 2 aliphatic rings. The van der Waals surface area contributed by atoms with Gasteiger partial charge in [0.25, 0.3) is 5.91 Å². The molecule has 4 nitrogen and oxygen atoms in total. The van der Waals surface area contributed by atoms with Crippen molar-refractivity contribution < 1.29 is 14.1 Å². The van der Waals surface area contributed by atoms with Gasteiger partial charge in [-0.05, 0) is 43.3 Å². The van der Waals surface area contributed by atoms with Gasteiger partial charge in [0, 0.05) is 28.2 Å². The standard InChI is InChI=1S/C22H24N2O2S/c1-14(19-12-16-4-2-3-5-18(16)26-19)23-21(25)13-24-10-8-20-17(9-11-27-20)22(24)15-6-7-15/h2-5,9,11-12,14-15,22H,6-8,10,13H2,1H3,(H,23,25)/p+1/t14-,22+/m1/s1. The Labute approximate surface area is 163 Å². The molecule has 1 unspecified atom stereocenters. The summed E-state index contributed by atoms with van der Waals surface area (Å²) in [6.07, 6.45) is 3.71. The largest absolute Gasteiger partial charge is 0.459 e. The summed E-state index contributed by atoms with van der Waals surface area (Å²) in [6.45, 7) is 3.60. The molecule has 3 heterocycles. The van der Waals surface area contributed by atoms with E-state index in [2.05, 4.69) is 16.8 Å². The highest BCUT2D eigenvalue weighted by atomic mass is 32.1. The number of fused-ring (bicyclic) bond motifs is 2. The van der Waals surface area contributed by atoms with Gasteiger partial charge in [-0.15, -0.1) is 11.3 Å². The molecule has 1 saturated carbocycles. The molecular weight excluding hydrogens is 356 g/mol. The first-order valence-electron chi connectivity index (χ1n) is 9.88. The normalized spacial score (nSPS) is 23.1. The number of carbonyl (C=O) groups excluding carboxylic acids is 1. The molecule has 2 N–H and O–H groups in total. The first-order chi connectivity index (χ1) is 13.2. The Kier molecular flexibility index (Phi) is 4.29. The van der Waals surface area contributed by atoms with Crippen LogP contribution in [0.5, 0.6) is 0 Å². The Balaban J connectivity index is 1.27. The minimum Gasteiger partial charge on any atom is -0.459 e. The first kappa shape index (κ1) is 17.0. The molecule has 1 fully saturated rings.